The second kappa shape index (κ2) is 17.9. The summed E-state index contributed by atoms with van der Waals surface area (Å²) in [6.07, 6.45) is 12.6. The van der Waals surface area contributed by atoms with Crippen molar-refractivity contribution in [2.75, 3.05) is 0 Å². The Balaban J connectivity index is 0.00000280. The summed E-state index contributed by atoms with van der Waals surface area (Å²) in [6.45, 7) is 29.0. The monoisotopic (exact) mass is 972 g/mol. The molecule has 0 nitrogen and oxygen atoms in total. The molecule has 4 aliphatic carbocycles. The van der Waals surface area contributed by atoms with Crippen molar-refractivity contribution < 1.29 is 45.2 Å². The van der Waals surface area contributed by atoms with E-state index >= 15 is 0 Å². The molecule has 6 aromatic carbocycles. The first-order valence-electron chi connectivity index (χ1n) is 23.5. The average Bonchev–Trinajstić information content (AvgIpc) is 3.98. The third kappa shape index (κ3) is 7.89. The Labute approximate surface area is 405 Å². The van der Waals surface area contributed by atoms with E-state index in [0.717, 1.165) is 0 Å². The number of hydrogen-bond donors (Lipinski definition) is 0. The fourth-order valence-electron chi connectivity index (χ4n) is 13.1. The number of rotatable bonds is 6. The maximum absolute atomic E-state index is 2.74. The molecule has 0 fully saturated rings. The summed E-state index contributed by atoms with van der Waals surface area (Å²) < 4.78 is 1.04. The van der Waals surface area contributed by atoms with Crippen LogP contribution < -0.4 is 24.8 Å². The van der Waals surface area contributed by atoms with Gasteiger partial charge in [-0.15, -0.1) is 0 Å². The molecule has 4 aliphatic rings. The molecule has 4 heteroatoms. The summed E-state index contributed by atoms with van der Waals surface area (Å²) in [5, 5.41) is 0. The zero-order valence-electron chi connectivity index (χ0n) is 40.2. The number of halogens is 2. The Morgan fingerprint density at radius 1 is 0.375 bits per heavy atom. The maximum Gasteiger partial charge on any atom is -1.00 e. The predicted octanol–water partition coefficient (Wildman–Crippen LogP) is 10.3. The molecule has 0 heterocycles. The van der Waals surface area contributed by atoms with Gasteiger partial charge in [-0.05, 0) is 0 Å². The molecule has 2 unspecified atom stereocenters. The molecular weight excluding hydrogens is 911 g/mol. The standard InChI is InChI=1S/2C29H29.C2H6Si.2ClH.Zr/c2*1-17-9-18(2)12-22(11-17)28-24-7-6-8-25(24)29(27-16-21(5)15-26(27)28)23-13-19(3)10-20(4)14-23;1-3-2;;;/h2*9-16H,6-8H2,1-5H3;1-2H3;2*1H;/q;;;;;+2/p-2. The minimum Gasteiger partial charge on any atom is -1.00 e. The van der Waals surface area contributed by atoms with Crippen LogP contribution in [-0.2, 0) is 46.1 Å². The normalized spacial score (nSPS) is 16.5. The van der Waals surface area contributed by atoms with Crippen molar-refractivity contribution in [2.45, 2.75) is 128 Å². The predicted molar refractivity (Wildman–Crippen MR) is 267 cm³/mol. The van der Waals surface area contributed by atoms with Crippen LogP contribution in [0, 0.1) is 55.4 Å². The Kier molecular flexibility index (Phi) is 13.2. The van der Waals surface area contributed by atoms with Gasteiger partial charge in [0.05, 0.1) is 0 Å². The Morgan fingerprint density at radius 2 is 0.625 bits per heavy atom. The average molecular weight is 975 g/mol. The van der Waals surface area contributed by atoms with Gasteiger partial charge in [-0.3, -0.25) is 0 Å². The molecule has 0 aliphatic heterocycles. The smallest absolute Gasteiger partial charge is 1.00 e. The summed E-state index contributed by atoms with van der Waals surface area (Å²) in [5.74, 6) is 0. The van der Waals surface area contributed by atoms with E-state index in [1.807, 2.05) is 0 Å². The van der Waals surface area contributed by atoms with Gasteiger partial charge < -0.3 is 24.8 Å². The van der Waals surface area contributed by atoms with Crippen molar-refractivity contribution in [1.82, 2.24) is 0 Å². The van der Waals surface area contributed by atoms with Gasteiger partial charge >= 0.3 is 384 Å². The first-order valence-corrected chi connectivity index (χ1v) is 32.5. The van der Waals surface area contributed by atoms with Crippen LogP contribution >= 0.6 is 0 Å². The van der Waals surface area contributed by atoms with Crippen LogP contribution in [0.15, 0.2) is 83.9 Å². The fraction of sp³-hybridized carbons (Fsp3) is 0.333. The SMILES string of the molecule is CC1=Cc2c(-c3cc(C)cc(C)c3)c3c(c(-c4cc(C)cc(C)c4)c2[CH]1[Zr+2]([CH]1C(C)=Cc2c(-c4cc(C)cc(C)c4)c4c(c(-c5cc(C)cc(C)c5)c21)CCC4)=[Si](C)C)CCC3.[Cl-].[Cl-]. The Morgan fingerprint density at radius 3 is 0.891 bits per heavy atom. The van der Waals surface area contributed by atoms with Crippen LogP contribution in [0.25, 0.3) is 56.7 Å². The molecule has 2 atom stereocenters. The minimum absolute atomic E-state index is 0. The van der Waals surface area contributed by atoms with E-state index in [9.17, 15) is 0 Å². The van der Waals surface area contributed by atoms with Crippen LogP contribution in [0.4, 0.5) is 0 Å². The maximum atomic E-state index is 2.74. The van der Waals surface area contributed by atoms with Gasteiger partial charge in [0, 0.05) is 0 Å². The number of hydrogen-bond acceptors (Lipinski definition) is 0. The molecule has 0 bridgehead atoms. The Bertz CT molecular complexity index is 2760. The van der Waals surface area contributed by atoms with E-state index in [0.29, 0.717) is 7.25 Å². The quantitative estimate of drug-likeness (QED) is 0.146. The molecule has 0 spiro atoms. The van der Waals surface area contributed by atoms with Gasteiger partial charge in [-0.25, -0.2) is 0 Å². The molecule has 0 N–H and O–H groups in total. The van der Waals surface area contributed by atoms with Crippen LogP contribution in [0.5, 0.6) is 0 Å². The van der Waals surface area contributed by atoms with Crippen LogP contribution in [0.1, 0.15) is 123 Å². The number of fused-ring (bicyclic) bond motifs is 4. The van der Waals surface area contributed by atoms with Gasteiger partial charge in [0.1, 0.15) is 0 Å². The molecule has 0 saturated heterocycles. The van der Waals surface area contributed by atoms with Crippen molar-refractivity contribution in [3.8, 4) is 44.5 Å². The van der Waals surface area contributed by atoms with Gasteiger partial charge in [-0.1, -0.05) is 0 Å². The topological polar surface area (TPSA) is 0 Å². The van der Waals surface area contributed by atoms with E-state index in [2.05, 4.69) is 167 Å². The van der Waals surface area contributed by atoms with Crippen LogP contribution in [0.3, 0.4) is 0 Å². The molecule has 0 aromatic heterocycles. The summed E-state index contributed by atoms with van der Waals surface area (Å²) in [4.78, 5) is 0. The van der Waals surface area contributed by atoms with Crippen molar-refractivity contribution >= 4 is 17.6 Å². The summed E-state index contributed by atoms with van der Waals surface area (Å²) in [7, 11) is 0. The summed E-state index contributed by atoms with van der Waals surface area (Å²) >= 11 is -2.62. The minimum atomic E-state index is -2.62. The fourth-order valence-corrected chi connectivity index (χ4v) is 33.8. The molecule has 0 radical (unpaired) electrons. The molecule has 0 amide bonds. The third-order valence-electron chi connectivity index (χ3n) is 14.8. The molecule has 64 heavy (non-hydrogen) atoms. The summed E-state index contributed by atoms with van der Waals surface area (Å²) in [5.41, 5.74) is 38.8. The summed E-state index contributed by atoms with van der Waals surface area (Å²) in [6, 6.07) is 29.6. The second-order valence-corrected chi connectivity index (χ2v) is 38.2. The Hall–Kier alpha value is -3.52. The van der Waals surface area contributed by atoms with Crippen LogP contribution in [0.2, 0.25) is 13.1 Å². The second-order valence-electron chi connectivity index (χ2n) is 20.4. The van der Waals surface area contributed by atoms with Crippen LogP contribution in [-0.4, -0.2) is 5.43 Å². The number of allylic oxidation sites excluding steroid dienone is 2. The number of benzene rings is 6. The largest absolute Gasteiger partial charge is 1.00 e. The van der Waals surface area contributed by atoms with E-state index in [1.54, 1.807) is 77.9 Å². The number of aryl methyl sites for hydroxylation is 8. The van der Waals surface area contributed by atoms with Crippen molar-refractivity contribution in [3.05, 3.63) is 173 Å². The van der Waals surface area contributed by atoms with Gasteiger partial charge in [0.25, 0.3) is 0 Å². The molecular formula is C60H64Cl2SiZr. The van der Waals surface area contributed by atoms with E-state index < -0.39 is 25.8 Å². The molecule has 10 rings (SSSR count). The van der Waals surface area contributed by atoms with Gasteiger partial charge in [0.2, 0.25) is 0 Å². The molecule has 6 aromatic rings. The van der Waals surface area contributed by atoms with Crippen molar-refractivity contribution in [1.29, 1.82) is 0 Å². The molecule has 0 saturated carbocycles. The van der Waals surface area contributed by atoms with E-state index in [4.69, 9.17) is 0 Å². The van der Waals surface area contributed by atoms with Crippen molar-refractivity contribution in [3.63, 3.8) is 0 Å². The van der Waals surface area contributed by atoms with E-state index in [1.165, 1.54) is 105 Å². The third-order valence-corrected chi connectivity index (χ3v) is 34.6. The van der Waals surface area contributed by atoms with E-state index in [-0.39, 0.29) is 24.8 Å². The van der Waals surface area contributed by atoms with Crippen molar-refractivity contribution in [2.24, 2.45) is 0 Å². The first-order chi connectivity index (χ1) is 29.7. The molecule has 326 valence electrons. The van der Waals surface area contributed by atoms with Gasteiger partial charge in [-0.2, -0.15) is 0 Å². The zero-order valence-corrected chi connectivity index (χ0v) is 45.2. The first kappa shape index (κ1) is 47.0. The van der Waals surface area contributed by atoms with Gasteiger partial charge in [0.15, 0.2) is 0 Å². The zero-order chi connectivity index (χ0) is 43.5.